The number of piperazine rings is 1. The fourth-order valence-corrected chi connectivity index (χ4v) is 2.03. The van der Waals surface area contributed by atoms with E-state index in [9.17, 15) is 4.79 Å². The number of anilines is 1. The molecule has 1 saturated heterocycles. The number of hydrogen-bond donors (Lipinski definition) is 2. The number of carbonyl (C=O) groups is 1. The highest BCUT2D eigenvalue weighted by atomic mass is 35.5. The van der Waals surface area contributed by atoms with E-state index in [-0.39, 0.29) is 6.03 Å². The van der Waals surface area contributed by atoms with Crippen LogP contribution in [0.3, 0.4) is 0 Å². The molecule has 2 amide bonds. The molecule has 0 unspecified atom stereocenters. The summed E-state index contributed by atoms with van der Waals surface area (Å²) in [6, 6.07) is 7.21. The molecule has 0 atom stereocenters. The number of hydrogen-bond acceptors (Lipinski definition) is 1. The van der Waals surface area contributed by atoms with Crippen molar-refractivity contribution in [1.82, 2.24) is 4.90 Å². The molecule has 1 aromatic rings. The van der Waals surface area contributed by atoms with Gasteiger partial charge in [-0.05, 0) is 12.1 Å². The Morgan fingerprint density at radius 3 is 2.65 bits per heavy atom. The summed E-state index contributed by atoms with van der Waals surface area (Å²) in [6.07, 6.45) is 0. The molecule has 17 heavy (non-hydrogen) atoms. The van der Waals surface area contributed by atoms with Crippen LogP contribution in [0, 0.1) is 0 Å². The van der Waals surface area contributed by atoms with E-state index in [2.05, 4.69) is 12.4 Å². The lowest BCUT2D eigenvalue weighted by Crippen LogP contribution is -3.12. The monoisotopic (exact) mass is 254 g/mol. The van der Waals surface area contributed by atoms with Gasteiger partial charge in [0.1, 0.15) is 0 Å². The molecule has 1 heterocycles. The van der Waals surface area contributed by atoms with Gasteiger partial charge in [0.2, 0.25) is 0 Å². The van der Waals surface area contributed by atoms with E-state index in [0.29, 0.717) is 10.7 Å². The summed E-state index contributed by atoms with van der Waals surface area (Å²) in [5.74, 6) is 0. The van der Waals surface area contributed by atoms with Crippen LogP contribution in [0.15, 0.2) is 24.3 Å². The Kier molecular flexibility index (Phi) is 3.86. The van der Waals surface area contributed by atoms with Crippen molar-refractivity contribution in [2.75, 3.05) is 38.5 Å². The molecule has 0 aromatic heterocycles. The van der Waals surface area contributed by atoms with Gasteiger partial charge in [-0.1, -0.05) is 23.7 Å². The molecule has 1 fully saturated rings. The van der Waals surface area contributed by atoms with E-state index in [4.69, 9.17) is 11.6 Å². The lowest BCUT2D eigenvalue weighted by Gasteiger charge is -2.30. The number of halogens is 1. The fraction of sp³-hybridized carbons (Fsp3) is 0.417. The molecular formula is C12H17ClN3O+. The van der Waals surface area contributed by atoms with Gasteiger partial charge in [-0.15, -0.1) is 0 Å². The number of amides is 2. The molecule has 92 valence electrons. The van der Waals surface area contributed by atoms with E-state index >= 15 is 0 Å². The third kappa shape index (κ3) is 3.11. The van der Waals surface area contributed by atoms with Crippen LogP contribution in [0.2, 0.25) is 5.02 Å². The summed E-state index contributed by atoms with van der Waals surface area (Å²) < 4.78 is 0. The lowest BCUT2D eigenvalue weighted by molar-refractivity contribution is -0.883. The number of benzene rings is 1. The number of rotatable bonds is 1. The zero-order chi connectivity index (χ0) is 12.3. The van der Waals surface area contributed by atoms with Crippen molar-refractivity contribution in [2.45, 2.75) is 0 Å². The van der Waals surface area contributed by atoms with Crippen LogP contribution in [0.5, 0.6) is 0 Å². The molecule has 0 aliphatic carbocycles. The van der Waals surface area contributed by atoms with Crippen molar-refractivity contribution in [3.05, 3.63) is 29.3 Å². The maximum absolute atomic E-state index is 12.0. The summed E-state index contributed by atoms with van der Waals surface area (Å²) >= 11 is 5.99. The first-order valence-corrected chi connectivity index (χ1v) is 6.16. The van der Waals surface area contributed by atoms with E-state index < -0.39 is 0 Å². The average Bonchev–Trinajstić information content (AvgIpc) is 2.33. The van der Waals surface area contributed by atoms with Crippen molar-refractivity contribution in [3.63, 3.8) is 0 Å². The van der Waals surface area contributed by atoms with Gasteiger partial charge in [-0.3, -0.25) is 0 Å². The third-order valence-corrected chi connectivity index (χ3v) is 3.35. The number of nitrogens with zero attached hydrogens (tertiary/aromatic N) is 1. The third-order valence-electron chi connectivity index (χ3n) is 3.02. The number of quaternary nitrogens is 1. The highest BCUT2D eigenvalue weighted by Gasteiger charge is 2.21. The van der Waals surface area contributed by atoms with Crippen molar-refractivity contribution >= 4 is 23.3 Å². The average molecular weight is 255 g/mol. The summed E-state index contributed by atoms with van der Waals surface area (Å²) in [6.45, 7) is 3.58. The number of carbonyl (C=O) groups excluding carboxylic acids is 1. The van der Waals surface area contributed by atoms with Crippen molar-refractivity contribution < 1.29 is 9.69 Å². The van der Waals surface area contributed by atoms with Crippen molar-refractivity contribution in [2.24, 2.45) is 0 Å². The van der Waals surface area contributed by atoms with Crippen LogP contribution < -0.4 is 10.2 Å². The second-order valence-corrected chi connectivity index (χ2v) is 4.76. The van der Waals surface area contributed by atoms with Gasteiger partial charge in [0.15, 0.2) is 0 Å². The minimum atomic E-state index is -0.0643. The first-order valence-electron chi connectivity index (χ1n) is 5.78. The van der Waals surface area contributed by atoms with Gasteiger partial charge >= 0.3 is 6.03 Å². The molecular weight excluding hydrogens is 238 g/mol. The number of likely N-dealkylation sites (N-methyl/N-ethyl adjacent to an activating group) is 1. The SMILES string of the molecule is C[NH+]1CCN(C(=O)Nc2ccccc2Cl)CC1. The molecule has 5 heteroatoms. The summed E-state index contributed by atoms with van der Waals surface area (Å²) in [7, 11) is 2.14. The highest BCUT2D eigenvalue weighted by molar-refractivity contribution is 6.33. The Labute approximate surface area is 106 Å². The van der Waals surface area contributed by atoms with Crippen LogP contribution in [0.4, 0.5) is 10.5 Å². The maximum atomic E-state index is 12.0. The van der Waals surface area contributed by atoms with Gasteiger partial charge < -0.3 is 15.1 Å². The molecule has 4 nitrogen and oxygen atoms in total. The summed E-state index contributed by atoms with van der Waals surface area (Å²) in [5, 5.41) is 3.41. The minimum absolute atomic E-state index is 0.0643. The molecule has 1 aliphatic rings. The van der Waals surface area contributed by atoms with Crippen LogP contribution >= 0.6 is 11.6 Å². The molecule has 1 aromatic carbocycles. The summed E-state index contributed by atoms with van der Waals surface area (Å²) in [5.41, 5.74) is 0.672. The van der Waals surface area contributed by atoms with E-state index in [1.165, 1.54) is 4.90 Å². The molecule has 0 bridgehead atoms. The van der Waals surface area contributed by atoms with Crippen LogP contribution in [-0.4, -0.2) is 44.2 Å². The van der Waals surface area contributed by atoms with E-state index in [0.717, 1.165) is 26.2 Å². The lowest BCUT2D eigenvalue weighted by atomic mass is 10.3. The van der Waals surface area contributed by atoms with Gasteiger partial charge in [-0.25, -0.2) is 4.79 Å². The van der Waals surface area contributed by atoms with Crippen molar-refractivity contribution in [3.8, 4) is 0 Å². The van der Waals surface area contributed by atoms with E-state index in [1.807, 2.05) is 23.1 Å². The summed E-state index contributed by atoms with van der Waals surface area (Å²) in [4.78, 5) is 15.3. The van der Waals surface area contributed by atoms with Gasteiger partial charge in [0, 0.05) is 0 Å². The predicted molar refractivity (Wildman–Crippen MR) is 68.7 cm³/mol. The topological polar surface area (TPSA) is 36.8 Å². The first-order chi connectivity index (χ1) is 8.16. The Bertz CT molecular complexity index is 402. The largest absolute Gasteiger partial charge is 0.334 e. The standard InChI is InChI=1S/C12H16ClN3O/c1-15-6-8-16(9-7-15)12(17)14-11-5-3-2-4-10(11)13/h2-5H,6-9H2,1H3,(H,14,17)/p+1. The first kappa shape index (κ1) is 12.2. The second-order valence-electron chi connectivity index (χ2n) is 4.35. The van der Waals surface area contributed by atoms with Crippen LogP contribution in [0.1, 0.15) is 0 Å². The number of para-hydroxylation sites is 1. The normalized spacial score (nSPS) is 16.9. The minimum Gasteiger partial charge on any atom is -0.334 e. The molecule has 2 rings (SSSR count). The Morgan fingerprint density at radius 1 is 1.35 bits per heavy atom. The zero-order valence-electron chi connectivity index (χ0n) is 9.87. The van der Waals surface area contributed by atoms with Crippen LogP contribution in [0.25, 0.3) is 0 Å². The highest BCUT2D eigenvalue weighted by Crippen LogP contribution is 2.20. The predicted octanol–water partition coefficient (Wildman–Crippen LogP) is 0.702. The van der Waals surface area contributed by atoms with E-state index in [1.54, 1.807) is 6.07 Å². The zero-order valence-corrected chi connectivity index (χ0v) is 10.6. The smallest absolute Gasteiger partial charge is 0.322 e. The van der Waals surface area contributed by atoms with Gasteiger partial charge in [0.25, 0.3) is 0 Å². The Morgan fingerprint density at radius 2 is 2.00 bits per heavy atom. The maximum Gasteiger partial charge on any atom is 0.322 e. The number of urea groups is 1. The Hall–Kier alpha value is -1.26. The van der Waals surface area contributed by atoms with Gasteiger partial charge in [0.05, 0.1) is 43.9 Å². The quantitative estimate of drug-likeness (QED) is 0.761. The molecule has 0 radical (unpaired) electrons. The molecule has 1 aliphatic heterocycles. The fourth-order valence-electron chi connectivity index (χ4n) is 1.85. The van der Waals surface area contributed by atoms with Crippen molar-refractivity contribution in [1.29, 1.82) is 0 Å². The molecule has 2 N–H and O–H groups in total. The van der Waals surface area contributed by atoms with Gasteiger partial charge in [-0.2, -0.15) is 0 Å². The number of nitrogens with one attached hydrogen (secondary N) is 2. The van der Waals surface area contributed by atoms with Crippen LogP contribution in [-0.2, 0) is 0 Å². The molecule has 0 spiro atoms. The Balaban J connectivity index is 1.95. The molecule has 0 saturated carbocycles. The second kappa shape index (κ2) is 5.38.